The number of piperidine rings is 1. The number of sulfonamides is 1. The van der Waals surface area contributed by atoms with E-state index in [9.17, 15) is 8.42 Å². The summed E-state index contributed by atoms with van der Waals surface area (Å²) in [6, 6.07) is 13.5. The van der Waals surface area contributed by atoms with Crippen LogP contribution in [0.2, 0.25) is 0 Å². The topological polar surface area (TPSA) is 53.8 Å². The summed E-state index contributed by atoms with van der Waals surface area (Å²) in [7, 11) is -3.21. The molecule has 0 N–H and O–H groups in total. The first-order chi connectivity index (χ1) is 12.4. The van der Waals surface area contributed by atoms with E-state index in [-0.39, 0.29) is 11.2 Å². The third-order valence-electron chi connectivity index (χ3n) is 5.70. The average molecular weight is 375 g/mol. The smallest absolute Gasteiger partial charge is 0.218 e. The van der Waals surface area contributed by atoms with E-state index in [1.807, 2.05) is 49.4 Å². The van der Waals surface area contributed by atoms with E-state index in [4.69, 9.17) is 4.42 Å². The molecule has 1 aromatic heterocycles. The fraction of sp³-hybridized carbons (Fsp3) is 0.500. The van der Waals surface area contributed by atoms with Crippen LogP contribution >= 0.6 is 0 Å². The number of likely N-dealkylation sites (tertiary alicyclic amines) is 1. The quantitative estimate of drug-likeness (QED) is 0.807. The van der Waals surface area contributed by atoms with E-state index >= 15 is 0 Å². The Bertz CT molecular complexity index is 844. The predicted molar refractivity (Wildman–Crippen MR) is 101 cm³/mol. The first-order valence-corrected chi connectivity index (χ1v) is 10.8. The van der Waals surface area contributed by atoms with Gasteiger partial charge < -0.3 is 4.42 Å². The summed E-state index contributed by atoms with van der Waals surface area (Å²) in [5.74, 6) is 2.07. The van der Waals surface area contributed by atoms with Crippen molar-refractivity contribution in [3.05, 3.63) is 59.5 Å². The second kappa shape index (κ2) is 6.83. The lowest BCUT2D eigenvalue weighted by Gasteiger charge is -2.53. The van der Waals surface area contributed by atoms with Crippen molar-refractivity contribution in [2.24, 2.45) is 5.41 Å². The largest absolute Gasteiger partial charge is 0.465 e. The summed E-state index contributed by atoms with van der Waals surface area (Å²) in [5.41, 5.74) is 1.04. The summed E-state index contributed by atoms with van der Waals surface area (Å²) in [5, 5.41) is 0. The maximum atomic E-state index is 12.6. The van der Waals surface area contributed by atoms with Gasteiger partial charge in [0.25, 0.3) is 0 Å². The second-order valence-electron chi connectivity index (χ2n) is 7.80. The van der Waals surface area contributed by atoms with Crippen molar-refractivity contribution in [3.8, 4) is 0 Å². The van der Waals surface area contributed by atoms with Gasteiger partial charge in [-0.25, -0.2) is 12.7 Å². The van der Waals surface area contributed by atoms with E-state index in [1.165, 1.54) is 0 Å². The molecule has 4 rings (SSSR count). The molecule has 2 aliphatic rings. The minimum Gasteiger partial charge on any atom is -0.465 e. The summed E-state index contributed by atoms with van der Waals surface area (Å²) < 4.78 is 32.6. The highest BCUT2D eigenvalue weighted by molar-refractivity contribution is 7.88. The molecule has 2 aromatic rings. The molecule has 0 atom stereocenters. The van der Waals surface area contributed by atoms with E-state index in [0.29, 0.717) is 13.1 Å². The Labute approximate surface area is 155 Å². The van der Waals surface area contributed by atoms with Crippen LogP contribution in [0.5, 0.6) is 0 Å². The van der Waals surface area contributed by atoms with Gasteiger partial charge in [-0.3, -0.25) is 4.90 Å². The Balaban J connectivity index is 1.29. The summed E-state index contributed by atoms with van der Waals surface area (Å²) in [6.45, 7) is 6.18. The number of hydrogen-bond acceptors (Lipinski definition) is 4. The number of hydrogen-bond donors (Lipinski definition) is 0. The minimum absolute atomic E-state index is 0.105. The van der Waals surface area contributed by atoms with Crippen molar-refractivity contribution in [1.82, 2.24) is 9.21 Å². The lowest BCUT2D eigenvalue weighted by atomic mass is 9.73. The fourth-order valence-corrected chi connectivity index (χ4v) is 5.80. The SMILES string of the molecule is Cc1ccc(CN2CCC3(CC2)CN(S(=O)(=O)Cc2ccccc2)C3)o1. The van der Waals surface area contributed by atoms with Crippen LogP contribution in [-0.2, 0) is 22.3 Å². The van der Waals surface area contributed by atoms with Crippen molar-refractivity contribution in [2.75, 3.05) is 26.2 Å². The third-order valence-corrected chi connectivity index (χ3v) is 7.44. The van der Waals surface area contributed by atoms with Crippen molar-refractivity contribution in [1.29, 1.82) is 0 Å². The first-order valence-electron chi connectivity index (χ1n) is 9.24. The van der Waals surface area contributed by atoms with E-state index in [2.05, 4.69) is 4.90 Å². The van der Waals surface area contributed by atoms with Crippen molar-refractivity contribution in [3.63, 3.8) is 0 Å². The van der Waals surface area contributed by atoms with Gasteiger partial charge in [-0.2, -0.15) is 0 Å². The van der Waals surface area contributed by atoms with Gasteiger partial charge >= 0.3 is 0 Å². The Hall–Kier alpha value is -1.63. The Morgan fingerprint density at radius 1 is 1.04 bits per heavy atom. The van der Waals surface area contributed by atoms with Crippen LogP contribution in [0.25, 0.3) is 0 Å². The van der Waals surface area contributed by atoms with Crippen LogP contribution < -0.4 is 0 Å². The molecule has 6 heteroatoms. The van der Waals surface area contributed by atoms with Crippen LogP contribution in [-0.4, -0.2) is 43.8 Å². The summed E-state index contributed by atoms with van der Waals surface area (Å²) >= 11 is 0. The third kappa shape index (κ3) is 3.72. The van der Waals surface area contributed by atoms with Gasteiger partial charge in [0, 0.05) is 18.5 Å². The molecule has 0 radical (unpaired) electrons. The fourth-order valence-electron chi connectivity index (χ4n) is 4.07. The monoisotopic (exact) mass is 374 g/mol. The zero-order valence-corrected chi connectivity index (χ0v) is 16.0. The van der Waals surface area contributed by atoms with E-state index < -0.39 is 10.0 Å². The van der Waals surface area contributed by atoms with Gasteiger partial charge in [-0.15, -0.1) is 0 Å². The molecule has 1 spiro atoms. The van der Waals surface area contributed by atoms with Gasteiger partial charge in [0.1, 0.15) is 11.5 Å². The molecular weight excluding hydrogens is 348 g/mol. The highest BCUT2D eigenvalue weighted by Gasteiger charge is 2.48. The molecule has 2 fully saturated rings. The molecule has 26 heavy (non-hydrogen) atoms. The summed E-state index contributed by atoms with van der Waals surface area (Å²) in [4.78, 5) is 2.41. The van der Waals surface area contributed by atoms with E-state index in [1.54, 1.807) is 4.31 Å². The lowest BCUT2D eigenvalue weighted by molar-refractivity contribution is -0.00301. The van der Waals surface area contributed by atoms with Gasteiger partial charge in [-0.1, -0.05) is 30.3 Å². The standard InChI is InChI=1S/C20H26N2O3S/c1-17-7-8-19(25-17)13-21-11-9-20(10-12-21)15-22(16-20)26(23,24)14-18-5-3-2-4-6-18/h2-8H,9-16H2,1H3. The van der Waals surface area contributed by atoms with Gasteiger partial charge in [0.2, 0.25) is 10.0 Å². The molecule has 0 unspecified atom stereocenters. The summed E-state index contributed by atoms with van der Waals surface area (Å²) in [6.07, 6.45) is 2.12. The maximum Gasteiger partial charge on any atom is 0.218 e. The predicted octanol–water partition coefficient (Wildman–Crippen LogP) is 3.02. The maximum absolute atomic E-state index is 12.6. The number of furan rings is 1. The number of benzene rings is 1. The van der Waals surface area contributed by atoms with Crippen molar-refractivity contribution in [2.45, 2.75) is 32.1 Å². The molecule has 2 saturated heterocycles. The molecule has 3 heterocycles. The van der Waals surface area contributed by atoms with Gasteiger partial charge in [0.15, 0.2) is 0 Å². The van der Waals surface area contributed by atoms with E-state index in [0.717, 1.165) is 49.6 Å². The van der Waals surface area contributed by atoms with Crippen LogP contribution in [0.15, 0.2) is 46.9 Å². The highest BCUT2D eigenvalue weighted by Crippen LogP contribution is 2.42. The minimum atomic E-state index is -3.21. The van der Waals surface area contributed by atoms with Gasteiger partial charge in [-0.05, 0) is 50.6 Å². The molecule has 5 nitrogen and oxygen atoms in total. The zero-order valence-electron chi connectivity index (χ0n) is 15.2. The van der Waals surface area contributed by atoms with Crippen molar-refractivity contribution < 1.29 is 12.8 Å². The molecule has 0 bridgehead atoms. The van der Waals surface area contributed by atoms with Crippen LogP contribution in [0, 0.1) is 12.3 Å². The van der Waals surface area contributed by atoms with Crippen molar-refractivity contribution >= 4 is 10.0 Å². The zero-order chi connectivity index (χ0) is 18.2. The number of aryl methyl sites for hydroxylation is 1. The highest BCUT2D eigenvalue weighted by atomic mass is 32.2. The molecule has 0 amide bonds. The molecule has 140 valence electrons. The molecule has 0 aliphatic carbocycles. The first kappa shape index (κ1) is 17.8. The average Bonchev–Trinajstić information content (AvgIpc) is 2.99. The van der Waals surface area contributed by atoms with Crippen LogP contribution in [0.3, 0.4) is 0 Å². The molecule has 0 saturated carbocycles. The van der Waals surface area contributed by atoms with Crippen LogP contribution in [0.4, 0.5) is 0 Å². The van der Waals surface area contributed by atoms with Gasteiger partial charge in [0.05, 0.1) is 12.3 Å². The second-order valence-corrected chi connectivity index (χ2v) is 9.77. The molecular formula is C20H26N2O3S. The number of nitrogens with zero attached hydrogens (tertiary/aromatic N) is 2. The number of rotatable bonds is 5. The van der Waals surface area contributed by atoms with Crippen LogP contribution in [0.1, 0.15) is 29.9 Å². The lowest BCUT2D eigenvalue weighted by Crippen LogP contribution is -2.61. The Kier molecular flexibility index (Phi) is 4.67. The molecule has 1 aromatic carbocycles. The molecule has 2 aliphatic heterocycles. The Morgan fingerprint density at radius 3 is 2.35 bits per heavy atom. The normalized spacial score (nSPS) is 21.0. The Morgan fingerprint density at radius 2 is 1.73 bits per heavy atom.